The Morgan fingerprint density at radius 2 is 1.30 bits per heavy atom. The van der Waals surface area contributed by atoms with E-state index in [4.69, 9.17) is 33.2 Å². The Labute approximate surface area is 320 Å². The maximum absolute atomic E-state index is 12.6. The van der Waals surface area contributed by atoms with Crippen molar-refractivity contribution >= 4 is 0 Å². The fraction of sp³-hybridized carbons (Fsp3) is 0.905. The topological polar surface area (TPSA) is 166 Å². The number of rotatable bonds is 7. The molecule has 0 bridgehead atoms. The van der Waals surface area contributed by atoms with E-state index in [2.05, 4.69) is 26.5 Å². The van der Waals surface area contributed by atoms with E-state index in [0.29, 0.717) is 30.3 Å². The van der Waals surface area contributed by atoms with Crippen LogP contribution in [0.4, 0.5) is 0 Å². The predicted molar refractivity (Wildman–Crippen MR) is 195 cm³/mol. The van der Waals surface area contributed by atoms with Crippen LogP contribution in [0.25, 0.3) is 0 Å². The molecule has 12 heteroatoms. The second-order valence-electron chi connectivity index (χ2n) is 18.9. The first-order valence-corrected chi connectivity index (χ1v) is 21.0. The first-order chi connectivity index (χ1) is 25.6. The first kappa shape index (κ1) is 39.7. The normalized spacial score (nSPS) is 55.0. The van der Waals surface area contributed by atoms with Gasteiger partial charge >= 0.3 is 0 Å². The van der Waals surface area contributed by atoms with Gasteiger partial charge in [-0.2, -0.15) is 0 Å². The van der Waals surface area contributed by atoms with E-state index in [0.717, 1.165) is 63.5 Å². The molecule has 0 amide bonds. The fourth-order valence-corrected chi connectivity index (χ4v) is 12.9. The number of allylic oxidation sites excluding steroid dienone is 1. The van der Waals surface area contributed by atoms with Crippen LogP contribution in [-0.2, 0) is 33.2 Å². The van der Waals surface area contributed by atoms with Crippen molar-refractivity contribution in [1.82, 2.24) is 0 Å². The standard InChI is InChI=1S/C42H66O12/c1-21-15-25(20-48-21)28-11-14-42(47)30-8-7-26-16-27(9-12-40(26,5)29(30)10-13-41(28,42)6)52-34-18-32(44)38(23(3)50-34)54-36-19-33(45)39(24(4)51-36)53-35-17-31(43)37(46)22(2)49-35/h15,22-24,26-39,43-47H,1,7-14,16-20H2,2-6H3/t22-,23-,24-,26+,27+,28-,29+,30?,31+,32+,33+,34+,35?,36+,37-,38-,39?,40+,41-,42+/m1/s1. The second-order valence-corrected chi connectivity index (χ2v) is 18.9. The van der Waals surface area contributed by atoms with E-state index in [-0.39, 0.29) is 36.2 Å². The Kier molecular flexibility index (Phi) is 10.9. The molecule has 3 unspecified atom stereocenters. The summed E-state index contributed by atoms with van der Waals surface area (Å²) in [6.07, 6.45) is 3.03. The number of ether oxygens (including phenoxy) is 7. The Morgan fingerprint density at radius 3 is 1.89 bits per heavy atom. The van der Waals surface area contributed by atoms with Gasteiger partial charge in [0.15, 0.2) is 18.9 Å². The molecule has 20 atom stereocenters. The number of aliphatic hydroxyl groups excluding tert-OH is 4. The molecule has 54 heavy (non-hydrogen) atoms. The van der Waals surface area contributed by atoms with Crippen molar-refractivity contribution in [2.24, 2.45) is 34.5 Å². The number of fused-ring (bicyclic) bond motifs is 5. The van der Waals surface area contributed by atoms with Gasteiger partial charge in [0.05, 0.1) is 48.3 Å². The van der Waals surface area contributed by atoms with E-state index < -0.39 is 79.4 Å². The summed E-state index contributed by atoms with van der Waals surface area (Å²) >= 11 is 0. The Bertz CT molecular complexity index is 1370. The predicted octanol–water partition coefficient (Wildman–Crippen LogP) is 4.23. The minimum absolute atomic E-state index is 0.0480. The molecule has 4 aliphatic carbocycles. The van der Waals surface area contributed by atoms with E-state index >= 15 is 0 Å². The van der Waals surface area contributed by atoms with Gasteiger partial charge in [0, 0.05) is 24.7 Å². The summed E-state index contributed by atoms with van der Waals surface area (Å²) in [6, 6.07) is 0. The zero-order valence-electron chi connectivity index (χ0n) is 32.9. The van der Waals surface area contributed by atoms with Gasteiger partial charge in [-0.25, -0.2) is 0 Å². The lowest BCUT2D eigenvalue weighted by Crippen LogP contribution is -2.62. The van der Waals surface area contributed by atoms with Crippen LogP contribution in [0.2, 0.25) is 0 Å². The highest BCUT2D eigenvalue weighted by molar-refractivity contribution is 5.30. The van der Waals surface area contributed by atoms with Crippen LogP contribution in [0.3, 0.4) is 0 Å². The lowest BCUT2D eigenvalue weighted by Gasteiger charge is -2.64. The maximum atomic E-state index is 12.6. The third-order valence-corrected chi connectivity index (χ3v) is 15.9. The average Bonchev–Trinajstić information content (AvgIpc) is 3.66. The van der Waals surface area contributed by atoms with E-state index in [9.17, 15) is 25.5 Å². The first-order valence-electron chi connectivity index (χ1n) is 21.0. The molecule has 4 heterocycles. The van der Waals surface area contributed by atoms with Crippen LogP contribution >= 0.6 is 0 Å². The van der Waals surface area contributed by atoms with Crippen LogP contribution < -0.4 is 0 Å². The summed E-state index contributed by atoms with van der Waals surface area (Å²) in [5.41, 5.74) is 0.698. The molecule has 8 rings (SSSR count). The number of hydrogen-bond donors (Lipinski definition) is 5. The van der Waals surface area contributed by atoms with Crippen LogP contribution in [-0.4, -0.2) is 118 Å². The van der Waals surface area contributed by atoms with Gasteiger partial charge < -0.3 is 58.7 Å². The quantitative estimate of drug-likeness (QED) is 0.235. The maximum Gasteiger partial charge on any atom is 0.161 e. The van der Waals surface area contributed by atoms with Crippen LogP contribution in [0.1, 0.15) is 112 Å². The molecule has 0 aromatic carbocycles. The molecule has 4 aliphatic heterocycles. The van der Waals surface area contributed by atoms with Crippen molar-refractivity contribution in [2.75, 3.05) is 6.61 Å². The Morgan fingerprint density at radius 1 is 0.685 bits per heavy atom. The van der Waals surface area contributed by atoms with Crippen molar-refractivity contribution in [1.29, 1.82) is 0 Å². The molecule has 3 saturated heterocycles. The third-order valence-electron chi connectivity index (χ3n) is 15.9. The van der Waals surface area contributed by atoms with Gasteiger partial charge in [0.25, 0.3) is 0 Å². The molecule has 5 N–H and O–H groups in total. The van der Waals surface area contributed by atoms with Gasteiger partial charge in [0.2, 0.25) is 0 Å². The highest BCUT2D eigenvalue weighted by atomic mass is 16.7. The van der Waals surface area contributed by atoms with E-state index in [1.165, 1.54) is 5.57 Å². The smallest absolute Gasteiger partial charge is 0.161 e. The highest BCUT2D eigenvalue weighted by Gasteiger charge is 2.67. The van der Waals surface area contributed by atoms with Crippen LogP contribution in [0.5, 0.6) is 0 Å². The lowest BCUT2D eigenvalue weighted by molar-refractivity contribution is -0.336. The van der Waals surface area contributed by atoms with Crippen LogP contribution in [0.15, 0.2) is 24.0 Å². The SMILES string of the molecule is C=C1C=C([C@H]2CC[C@]3(O)C4CC[C@H]5C[C@@H](O[C@H]6C[C@H](O)[C@H](O[C@H]7C[C@H](O)C(OC8C[C@H](O)[C@H](O)[C@@H](C)O8)[C@@H](C)O7)[C@@H](C)O6)CC[C@]5(C)[C@H]4CC[C@]23C)CO1. The molecule has 0 aromatic rings. The van der Waals surface area contributed by atoms with Gasteiger partial charge in [-0.3, -0.25) is 0 Å². The molecule has 0 radical (unpaired) electrons. The summed E-state index contributed by atoms with van der Waals surface area (Å²) < 4.78 is 42.7. The molecule has 0 spiro atoms. The summed E-state index contributed by atoms with van der Waals surface area (Å²) in [6.45, 7) is 14.8. The molecule has 7 fully saturated rings. The Hall–Kier alpha value is -1.16. The van der Waals surface area contributed by atoms with Crippen molar-refractivity contribution in [3.8, 4) is 0 Å². The average molecular weight is 763 g/mol. The van der Waals surface area contributed by atoms with Gasteiger partial charge in [-0.1, -0.05) is 20.4 Å². The van der Waals surface area contributed by atoms with Gasteiger partial charge in [-0.15, -0.1) is 0 Å². The second kappa shape index (κ2) is 14.9. The molecular weight excluding hydrogens is 696 g/mol. The monoisotopic (exact) mass is 762 g/mol. The van der Waals surface area contributed by atoms with Crippen molar-refractivity contribution in [3.05, 3.63) is 24.0 Å². The highest BCUT2D eigenvalue weighted by Crippen LogP contribution is 2.70. The third kappa shape index (κ3) is 6.84. The van der Waals surface area contributed by atoms with Crippen LogP contribution in [0, 0.1) is 34.5 Å². The summed E-state index contributed by atoms with van der Waals surface area (Å²) in [7, 11) is 0. The van der Waals surface area contributed by atoms with Crippen molar-refractivity contribution in [3.63, 3.8) is 0 Å². The minimum atomic E-state index is -0.991. The summed E-state index contributed by atoms with van der Waals surface area (Å²) in [4.78, 5) is 0. The number of hydrogen-bond acceptors (Lipinski definition) is 12. The Balaban J connectivity index is 0.826. The molecule has 306 valence electrons. The minimum Gasteiger partial charge on any atom is -0.490 e. The fourth-order valence-electron chi connectivity index (χ4n) is 12.9. The summed E-state index contributed by atoms with van der Waals surface area (Å²) in [5.74, 6) is 2.44. The van der Waals surface area contributed by atoms with Gasteiger partial charge in [0.1, 0.15) is 30.7 Å². The van der Waals surface area contributed by atoms with E-state index in [1.54, 1.807) is 13.8 Å². The van der Waals surface area contributed by atoms with Crippen molar-refractivity contribution < 1.29 is 58.7 Å². The van der Waals surface area contributed by atoms with Gasteiger partial charge in [-0.05, 0) is 119 Å². The molecule has 4 saturated carbocycles. The van der Waals surface area contributed by atoms with E-state index in [1.807, 2.05) is 6.92 Å². The van der Waals surface area contributed by atoms with Crippen molar-refractivity contribution in [2.45, 2.75) is 197 Å². The number of aliphatic hydroxyl groups is 5. The molecular formula is C42H66O12. The zero-order valence-corrected chi connectivity index (χ0v) is 32.9. The zero-order chi connectivity index (χ0) is 38.3. The molecule has 0 aromatic heterocycles. The molecule has 12 nitrogen and oxygen atoms in total. The molecule has 8 aliphatic rings. The lowest BCUT2D eigenvalue weighted by atomic mass is 9.43. The largest absolute Gasteiger partial charge is 0.490 e. The summed E-state index contributed by atoms with van der Waals surface area (Å²) in [5, 5.41) is 55.1.